The van der Waals surface area contributed by atoms with E-state index in [0.717, 1.165) is 4.88 Å². The van der Waals surface area contributed by atoms with Crippen LogP contribution in [-0.2, 0) is 5.41 Å². The normalized spacial score (nSPS) is 11.7. The van der Waals surface area contributed by atoms with Crippen LogP contribution < -0.4 is 0 Å². The Hall–Kier alpha value is -0.630. The molecular formula is C10H14OS. The highest BCUT2D eigenvalue weighted by Crippen LogP contribution is 2.29. The summed E-state index contributed by atoms with van der Waals surface area (Å²) in [6.45, 7) is 8.08. The molecule has 0 fully saturated rings. The van der Waals surface area contributed by atoms with Crippen LogP contribution in [0.15, 0.2) is 12.1 Å². The first-order chi connectivity index (χ1) is 5.41. The van der Waals surface area contributed by atoms with E-state index in [1.807, 2.05) is 12.1 Å². The molecule has 0 atom stereocenters. The number of ketones is 1. The predicted octanol–water partition coefficient (Wildman–Crippen LogP) is 3.25. The molecule has 0 bridgehead atoms. The van der Waals surface area contributed by atoms with Crippen LogP contribution >= 0.6 is 11.3 Å². The van der Waals surface area contributed by atoms with E-state index >= 15 is 0 Å². The second-order valence-electron chi connectivity index (χ2n) is 3.97. The van der Waals surface area contributed by atoms with E-state index < -0.39 is 0 Å². The van der Waals surface area contributed by atoms with Crippen molar-refractivity contribution in [1.82, 2.24) is 0 Å². The zero-order valence-electron chi connectivity index (χ0n) is 7.97. The molecule has 1 nitrogen and oxygen atoms in total. The number of carbonyl (C=O) groups excluding carboxylic acids is 1. The van der Waals surface area contributed by atoms with Crippen molar-refractivity contribution in [2.75, 3.05) is 0 Å². The van der Waals surface area contributed by atoms with Gasteiger partial charge in [-0.15, -0.1) is 11.3 Å². The first-order valence-electron chi connectivity index (χ1n) is 4.02. The third-order valence-corrected chi connectivity index (χ3v) is 3.30. The molecule has 0 aliphatic carbocycles. The summed E-state index contributed by atoms with van der Waals surface area (Å²) in [6.07, 6.45) is 0. The van der Waals surface area contributed by atoms with Crippen LogP contribution in [0.1, 0.15) is 42.2 Å². The lowest BCUT2D eigenvalue weighted by Crippen LogP contribution is -2.07. The first kappa shape index (κ1) is 9.46. The fourth-order valence-corrected chi connectivity index (χ4v) is 1.89. The van der Waals surface area contributed by atoms with Crippen LogP contribution in [0.3, 0.4) is 0 Å². The second-order valence-corrected chi connectivity index (χ2v) is 5.05. The van der Waals surface area contributed by atoms with Crippen molar-refractivity contribution < 1.29 is 4.79 Å². The Bertz CT molecular complexity index is 291. The maximum atomic E-state index is 11.0. The van der Waals surface area contributed by atoms with Crippen molar-refractivity contribution in [1.29, 1.82) is 0 Å². The third-order valence-electron chi connectivity index (χ3n) is 1.69. The van der Waals surface area contributed by atoms with Crippen molar-refractivity contribution >= 4 is 17.1 Å². The SMILES string of the molecule is CC(=O)c1ccc(C(C)(C)C)s1. The predicted molar refractivity (Wildman–Crippen MR) is 53.0 cm³/mol. The first-order valence-corrected chi connectivity index (χ1v) is 4.84. The smallest absolute Gasteiger partial charge is 0.169 e. The fraction of sp³-hybridized carbons (Fsp3) is 0.500. The summed E-state index contributed by atoms with van der Waals surface area (Å²) < 4.78 is 0. The van der Waals surface area contributed by atoms with E-state index in [2.05, 4.69) is 20.8 Å². The molecule has 1 aromatic heterocycles. The van der Waals surface area contributed by atoms with Gasteiger partial charge in [0.1, 0.15) is 0 Å². The van der Waals surface area contributed by atoms with Crippen molar-refractivity contribution in [2.45, 2.75) is 33.1 Å². The van der Waals surface area contributed by atoms with Gasteiger partial charge in [0.25, 0.3) is 0 Å². The average molecular weight is 182 g/mol. The van der Waals surface area contributed by atoms with E-state index in [9.17, 15) is 4.79 Å². The molecule has 2 heteroatoms. The lowest BCUT2D eigenvalue weighted by Gasteiger charge is -2.15. The lowest BCUT2D eigenvalue weighted by molar-refractivity contribution is 0.102. The molecule has 1 heterocycles. The van der Waals surface area contributed by atoms with Gasteiger partial charge in [0.05, 0.1) is 4.88 Å². The molecule has 0 aromatic carbocycles. The van der Waals surface area contributed by atoms with E-state index in [4.69, 9.17) is 0 Å². The maximum absolute atomic E-state index is 11.0. The molecule has 0 saturated carbocycles. The van der Waals surface area contributed by atoms with Gasteiger partial charge in [0.2, 0.25) is 0 Å². The quantitative estimate of drug-likeness (QED) is 0.609. The van der Waals surface area contributed by atoms with Crippen LogP contribution in [0.25, 0.3) is 0 Å². The summed E-state index contributed by atoms with van der Waals surface area (Å²) >= 11 is 1.60. The maximum Gasteiger partial charge on any atom is 0.169 e. The summed E-state index contributed by atoms with van der Waals surface area (Å²) in [5.74, 6) is 0.163. The molecule has 0 N–H and O–H groups in total. The van der Waals surface area contributed by atoms with Gasteiger partial charge in [-0.25, -0.2) is 0 Å². The summed E-state index contributed by atoms with van der Waals surface area (Å²) in [5, 5.41) is 0. The van der Waals surface area contributed by atoms with E-state index in [1.54, 1.807) is 18.3 Å². The van der Waals surface area contributed by atoms with Gasteiger partial charge >= 0.3 is 0 Å². The van der Waals surface area contributed by atoms with Gasteiger partial charge in [0, 0.05) is 4.88 Å². The van der Waals surface area contributed by atoms with Gasteiger partial charge < -0.3 is 0 Å². The van der Waals surface area contributed by atoms with Gasteiger partial charge in [-0.3, -0.25) is 4.79 Å². The van der Waals surface area contributed by atoms with Crippen LogP contribution in [0.4, 0.5) is 0 Å². The molecule has 0 unspecified atom stereocenters. The molecule has 0 radical (unpaired) electrons. The number of thiophene rings is 1. The van der Waals surface area contributed by atoms with Gasteiger partial charge in [-0.2, -0.15) is 0 Å². The molecule has 0 spiro atoms. The third kappa shape index (κ3) is 1.95. The number of hydrogen-bond acceptors (Lipinski definition) is 2. The highest BCUT2D eigenvalue weighted by atomic mass is 32.1. The summed E-state index contributed by atoms with van der Waals surface area (Å²) in [7, 11) is 0. The van der Waals surface area contributed by atoms with Gasteiger partial charge in [-0.1, -0.05) is 20.8 Å². The molecule has 1 aromatic rings. The minimum Gasteiger partial charge on any atom is -0.294 e. The lowest BCUT2D eigenvalue weighted by atomic mass is 9.95. The van der Waals surface area contributed by atoms with Crippen LogP contribution in [0.2, 0.25) is 0 Å². The van der Waals surface area contributed by atoms with E-state index in [0.29, 0.717) is 0 Å². The molecule has 1 rings (SSSR count). The average Bonchev–Trinajstić information content (AvgIpc) is 2.30. The zero-order valence-corrected chi connectivity index (χ0v) is 8.79. The Kier molecular flexibility index (Phi) is 2.38. The minimum atomic E-state index is 0.163. The molecule has 0 saturated heterocycles. The van der Waals surface area contributed by atoms with E-state index in [1.165, 1.54) is 4.88 Å². The fourth-order valence-electron chi connectivity index (χ4n) is 0.930. The van der Waals surface area contributed by atoms with Crippen molar-refractivity contribution in [3.63, 3.8) is 0 Å². The Morgan fingerprint density at radius 2 is 1.92 bits per heavy atom. The zero-order chi connectivity index (χ0) is 9.35. The second kappa shape index (κ2) is 3.02. The van der Waals surface area contributed by atoms with Crippen molar-refractivity contribution in [3.8, 4) is 0 Å². The molecule has 12 heavy (non-hydrogen) atoms. The van der Waals surface area contributed by atoms with Gasteiger partial charge in [0.15, 0.2) is 5.78 Å². The topological polar surface area (TPSA) is 17.1 Å². The number of hydrogen-bond donors (Lipinski definition) is 0. The summed E-state index contributed by atoms with van der Waals surface area (Å²) in [5.41, 5.74) is 0.165. The van der Waals surface area contributed by atoms with Crippen LogP contribution in [-0.4, -0.2) is 5.78 Å². The van der Waals surface area contributed by atoms with Crippen LogP contribution in [0, 0.1) is 0 Å². The Balaban J connectivity index is 3.00. The highest BCUT2D eigenvalue weighted by Gasteiger charge is 2.16. The molecule has 0 amide bonds. The number of rotatable bonds is 1. The molecule has 66 valence electrons. The molecular weight excluding hydrogens is 168 g/mol. The van der Waals surface area contributed by atoms with Crippen molar-refractivity contribution in [3.05, 3.63) is 21.9 Å². The standard InChI is InChI=1S/C10H14OS/c1-7(11)8-5-6-9(12-8)10(2,3)4/h5-6H,1-4H3. The highest BCUT2D eigenvalue weighted by molar-refractivity contribution is 7.14. The summed E-state index contributed by atoms with van der Waals surface area (Å²) in [6, 6.07) is 3.95. The molecule has 0 aliphatic heterocycles. The van der Waals surface area contributed by atoms with Crippen LogP contribution in [0.5, 0.6) is 0 Å². The summed E-state index contributed by atoms with van der Waals surface area (Å²) in [4.78, 5) is 13.1. The minimum absolute atomic E-state index is 0.163. The largest absolute Gasteiger partial charge is 0.294 e. The van der Waals surface area contributed by atoms with Gasteiger partial charge in [-0.05, 0) is 24.5 Å². The molecule has 0 aliphatic rings. The Morgan fingerprint density at radius 3 is 2.17 bits per heavy atom. The Morgan fingerprint density at radius 1 is 1.33 bits per heavy atom. The van der Waals surface area contributed by atoms with Crippen molar-refractivity contribution in [2.24, 2.45) is 0 Å². The number of carbonyl (C=O) groups is 1. The monoisotopic (exact) mass is 182 g/mol. The Labute approximate surface area is 77.4 Å². The number of Topliss-reactive ketones (excluding diaryl/α,β-unsaturated/α-hetero) is 1. The van der Waals surface area contributed by atoms with E-state index in [-0.39, 0.29) is 11.2 Å².